The predicted molar refractivity (Wildman–Crippen MR) is 159 cm³/mol. The molecule has 0 spiro atoms. The van der Waals surface area contributed by atoms with Gasteiger partial charge in [0.1, 0.15) is 11.5 Å². The van der Waals surface area contributed by atoms with Gasteiger partial charge in [0.05, 0.1) is 24.6 Å². The molecule has 2 aliphatic rings. The SMILES string of the molecule is CCOc1ccc2c3c(cccc13)C(=O)N(c1ccc(N3C(=O)c4cccc5c(OCC)ccc(c45)C3=O)cc1)C2=O. The highest BCUT2D eigenvalue weighted by molar-refractivity contribution is 6.37. The fourth-order valence-electron chi connectivity index (χ4n) is 5.92. The molecule has 4 amide bonds. The maximum atomic E-state index is 13.6. The van der Waals surface area contributed by atoms with Crippen molar-refractivity contribution in [1.29, 1.82) is 0 Å². The van der Waals surface area contributed by atoms with E-state index in [1.54, 1.807) is 72.8 Å². The van der Waals surface area contributed by atoms with Gasteiger partial charge < -0.3 is 9.47 Å². The molecule has 0 aromatic heterocycles. The summed E-state index contributed by atoms with van der Waals surface area (Å²) in [5.41, 5.74) is 2.23. The van der Waals surface area contributed by atoms with E-state index in [1.165, 1.54) is 0 Å². The maximum Gasteiger partial charge on any atom is 0.265 e. The summed E-state index contributed by atoms with van der Waals surface area (Å²) in [5, 5.41) is 2.54. The second kappa shape index (κ2) is 9.55. The lowest BCUT2D eigenvalue weighted by Crippen LogP contribution is -2.41. The van der Waals surface area contributed by atoms with Crippen LogP contribution in [0.3, 0.4) is 0 Å². The van der Waals surface area contributed by atoms with Gasteiger partial charge in [0.15, 0.2) is 0 Å². The monoisotopic (exact) mass is 556 g/mol. The van der Waals surface area contributed by atoms with Crippen molar-refractivity contribution in [2.24, 2.45) is 0 Å². The van der Waals surface area contributed by atoms with Gasteiger partial charge in [-0.05, 0) is 74.5 Å². The number of ether oxygens (including phenoxy) is 2. The zero-order chi connectivity index (χ0) is 29.1. The highest BCUT2D eigenvalue weighted by Gasteiger charge is 2.37. The number of carbonyl (C=O) groups excluding carboxylic acids is 4. The van der Waals surface area contributed by atoms with Crippen LogP contribution in [0.1, 0.15) is 55.3 Å². The van der Waals surface area contributed by atoms with Gasteiger partial charge in [-0.2, -0.15) is 0 Å². The summed E-state index contributed by atoms with van der Waals surface area (Å²) in [4.78, 5) is 56.7. The van der Waals surface area contributed by atoms with E-state index in [9.17, 15) is 19.2 Å². The second-order valence-corrected chi connectivity index (χ2v) is 9.95. The van der Waals surface area contributed by atoms with E-state index in [-0.39, 0.29) is 0 Å². The quantitative estimate of drug-likeness (QED) is 0.225. The first-order valence-corrected chi connectivity index (χ1v) is 13.7. The summed E-state index contributed by atoms with van der Waals surface area (Å²) in [6.07, 6.45) is 0. The lowest BCUT2D eigenvalue weighted by atomic mass is 9.92. The van der Waals surface area contributed by atoms with Crippen LogP contribution in [0.2, 0.25) is 0 Å². The largest absolute Gasteiger partial charge is 0.493 e. The molecule has 0 bridgehead atoms. The molecule has 0 N–H and O–H groups in total. The molecule has 5 aromatic carbocycles. The number of nitrogens with zero attached hydrogens (tertiary/aromatic N) is 2. The zero-order valence-corrected chi connectivity index (χ0v) is 22.8. The lowest BCUT2D eigenvalue weighted by Gasteiger charge is -2.29. The van der Waals surface area contributed by atoms with Crippen molar-refractivity contribution >= 4 is 56.5 Å². The van der Waals surface area contributed by atoms with Crippen molar-refractivity contribution in [2.45, 2.75) is 13.8 Å². The first kappa shape index (κ1) is 25.5. The van der Waals surface area contributed by atoms with Crippen LogP contribution in [0.4, 0.5) is 11.4 Å². The Morgan fingerprint density at radius 3 is 1.19 bits per heavy atom. The van der Waals surface area contributed by atoms with Gasteiger partial charge in [-0.25, -0.2) is 9.80 Å². The molecule has 8 heteroatoms. The first-order valence-electron chi connectivity index (χ1n) is 13.7. The third-order valence-electron chi connectivity index (χ3n) is 7.70. The second-order valence-electron chi connectivity index (χ2n) is 9.95. The molecule has 2 aliphatic heterocycles. The number of amides is 4. The summed E-state index contributed by atoms with van der Waals surface area (Å²) >= 11 is 0. The maximum absolute atomic E-state index is 13.6. The Kier molecular flexibility index (Phi) is 5.79. The number of imide groups is 2. The van der Waals surface area contributed by atoms with Crippen LogP contribution >= 0.6 is 0 Å². The molecule has 5 aromatic rings. The Morgan fingerprint density at radius 1 is 0.476 bits per heavy atom. The molecule has 0 fully saturated rings. The van der Waals surface area contributed by atoms with Crippen LogP contribution in [0, 0.1) is 0 Å². The highest BCUT2D eigenvalue weighted by Crippen LogP contribution is 2.39. The van der Waals surface area contributed by atoms with E-state index in [0.717, 1.165) is 9.80 Å². The fraction of sp³-hybridized carbons (Fsp3) is 0.118. The van der Waals surface area contributed by atoms with Gasteiger partial charge in [0.2, 0.25) is 0 Å². The molecule has 7 rings (SSSR count). The highest BCUT2D eigenvalue weighted by atomic mass is 16.5. The first-order chi connectivity index (χ1) is 20.4. The van der Waals surface area contributed by atoms with Gasteiger partial charge in [-0.1, -0.05) is 24.3 Å². The molecule has 0 atom stereocenters. The van der Waals surface area contributed by atoms with Crippen LogP contribution in [0.25, 0.3) is 21.5 Å². The summed E-state index contributed by atoms with van der Waals surface area (Å²) in [7, 11) is 0. The van der Waals surface area contributed by atoms with E-state index in [4.69, 9.17) is 9.47 Å². The molecule has 0 saturated carbocycles. The van der Waals surface area contributed by atoms with E-state index in [0.29, 0.717) is 79.9 Å². The number of benzene rings is 5. The van der Waals surface area contributed by atoms with Crippen molar-refractivity contribution in [3.05, 3.63) is 107 Å². The Bertz CT molecular complexity index is 1810. The van der Waals surface area contributed by atoms with Gasteiger partial charge in [0.25, 0.3) is 23.6 Å². The molecule has 0 aliphatic carbocycles. The van der Waals surface area contributed by atoms with Gasteiger partial charge in [-0.3, -0.25) is 19.2 Å². The van der Waals surface area contributed by atoms with Crippen molar-refractivity contribution in [3.8, 4) is 11.5 Å². The molecule has 2 heterocycles. The third-order valence-corrected chi connectivity index (χ3v) is 7.70. The smallest absolute Gasteiger partial charge is 0.265 e. The number of hydrogen-bond donors (Lipinski definition) is 0. The minimum Gasteiger partial charge on any atom is -0.493 e. The molecular formula is C34H24N2O6. The Morgan fingerprint density at radius 2 is 0.833 bits per heavy atom. The van der Waals surface area contributed by atoms with E-state index in [1.807, 2.05) is 26.0 Å². The van der Waals surface area contributed by atoms with Gasteiger partial charge in [0, 0.05) is 43.8 Å². The molecule has 206 valence electrons. The van der Waals surface area contributed by atoms with Crippen LogP contribution in [0.5, 0.6) is 11.5 Å². The fourth-order valence-corrected chi connectivity index (χ4v) is 5.92. The Labute approximate surface area is 240 Å². The van der Waals surface area contributed by atoms with E-state index >= 15 is 0 Å². The minimum atomic E-state index is -0.463. The third kappa shape index (κ3) is 3.55. The number of anilines is 2. The molecule has 0 saturated heterocycles. The van der Waals surface area contributed by atoms with Crippen molar-refractivity contribution in [3.63, 3.8) is 0 Å². The van der Waals surface area contributed by atoms with Gasteiger partial charge in [-0.15, -0.1) is 0 Å². The van der Waals surface area contributed by atoms with E-state index < -0.39 is 23.6 Å². The number of hydrogen-bond acceptors (Lipinski definition) is 6. The number of carbonyl (C=O) groups is 4. The molecular weight excluding hydrogens is 532 g/mol. The van der Waals surface area contributed by atoms with Gasteiger partial charge >= 0.3 is 0 Å². The topological polar surface area (TPSA) is 93.2 Å². The van der Waals surface area contributed by atoms with E-state index in [2.05, 4.69) is 0 Å². The summed E-state index contributed by atoms with van der Waals surface area (Å²) in [6.45, 7) is 4.66. The lowest BCUT2D eigenvalue weighted by molar-refractivity contribution is 0.0876. The van der Waals surface area contributed by atoms with Crippen LogP contribution in [-0.4, -0.2) is 36.8 Å². The van der Waals surface area contributed by atoms with Crippen LogP contribution in [0.15, 0.2) is 84.9 Å². The van der Waals surface area contributed by atoms with Crippen LogP contribution in [-0.2, 0) is 0 Å². The van der Waals surface area contributed by atoms with Crippen molar-refractivity contribution in [1.82, 2.24) is 0 Å². The standard InChI is InChI=1S/C34H24N2O6/c1-3-41-27-17-15-25-29-21(27)7-5-9-23(29)31(37)35(33(25)39)19-11-13-20(14-12-19)36-32(38)24-10-6-8-22-28(42-4-2)18-16-26(30(22)24)34(36)40/h5-18H,3-4H2,1-2H3. The normalized spacial score (nSPS) is 14.2. The average Bonchev–Trinajstić information content (AvgIpc) is 3.01. The number of rotatable bonds is 6. The predicted octanol–water partition coefficient (Wildman–Crippen LogP) is 6.39. The molecule has 0 radical (unpaired) electrons. The average molecular weight is 557 g/mol. The summed E-state index contributed by atoms with van der Waals surface area (Å²) in [6, 6.07) is 23.7. The van der Waals surface area contributed by atoms with Crippen molar-refractivity contribution in [2.75, 3.05) is 23.0 Å². The molecule has 8 nitrogen and oxygen atoms in total. The summed E-state index contributed by atoms with van der Waals surface area (Å²) < 4.78 is 11.4. The molecule has 42 heavy (non-hydrogen) atoms. The van der Waals surface area contributed by atoms with Crippen molar-refractivity contribution < 1.29 is 28.7 Å². The minimum absolute atomic E-state index is 0.325. The van der Waals surface area contributed by atoms with Crippen LogP contribution < -0.4 is 19.3 Å². The Hall–Kier alpha value is -5.50. The summed E-state index contributed by atoms with van der Waals surface area (Å²) in [5.74, 6) is -0.631. The zero-order valence-electron chi connectivity index (χ0n) is 22.8. The Balaban J connectivity index is 1.25. The molecule has 0 unspecified atom stereocenters.